The van der Waals surface area contributed by atoms with Crippen LogP contribution in [0.15, 0.2) is 77.0 Å². The third-order valence-corrected chi connectivity index (χ3v) is 6.41. The minimum Gasteiger partial charge on any atom is -0.497 e. The van der Waals surface area contributed by atoms with Crippen LogP contribution >= 0.6 is 23.4 Å². The van der Waals surface area contributed by atoms with Crippen LogP contribution in [0.25, 0.3) is 17.1 Å². The molecule has 0 fully saturated rings. The summed E-state index contributed by atoms with van der Waals surface area (Å²) in [4.78, 5) is 12.5. The molecule has 0 spiro atoms. The molecule has 0 aliphatic heterocycles. The van der Waals surface area contributed by atoms with Gasteiger partial charge in [-0.15, -0.1) is 10.2 Å². The van der Waals surface area contributed by atoms with Crippen LogP contribution in [0.5, 0.6) is 17.2 Å². The quantitative estimate of drug-likeness (QED) is 0.175. The maximum atomic E-state index is 12.5. The molecule has 11 heteroatoms. The Morgan fingerprint density at radius 2 is 1.68 bits per heavy atom. The van der Waals surface area contributed by atoms with Gasteiger partial charge in [-0.1, -0.05) is 23.4 Å². The van der Waals surface area contributed by atoms with E-state index in [1.165, 1.54) is 18.0 Å². The second-order valence-corrected chi connectivity index (χ2v) is 8.92. The van der Waals surface area contributed by atoms with E-state index in [1.54, 1.807) is 51.7 Å². The molecular formula is C26H24ClN5O4S. The summed E-state index contributed by atoms with van der Waals surface area (Å²) < 4.78 is 17.7. The Morgan fingerprint density at radius 3 is 2.35 bits per heavy atom. The molecule has 0 aliphatic rings. The molecular weight excluding hydrogens is 514 g/mol. The lowest BCUT2D eigenvalue weighted by molar-refractivity contribution is -0.118. The average molecular weight is 538 g/mol. The highest BCUT2D eigenvalue weighted by atomic mass is 35.5. The van der Waals surface area contributed by atoms with E-state index < -0.39 is 0 Å². The Labute approximate surface area is 223 Å². The number of hydrazone groups is 1. The van der Waals surface area contributed by atoms with Crippen molar-refractivity contribution in [3.63, 3.8) is 0 Å². The van der Waals surface area contributed by atoms with Gasteiger partial charge in [-0.05, 0) is 66.7 Å². The van der Waals surface area contributed by atoms with E-state index in [0.717, 1.165) is 17.0 Å². The van der Waals surface area contributed by atoms with Gasteiger partial charge in [-0.2, -0.15) is 5.10 Å². The number of rotatable bonds is 10. The zero-order valence-corrected chi connectivity index (χ0v) is 21.9. The van der Waals surface area contributed by atoms with Crippen molar-refractivity contribution < 1.29 is 19.0 Å². The molecule has 0 aliphatic carbocycles. The minimum absolute atomic E-state index is 0.0704. The number of aromatic nitrogens is 3. The van der Waals surface area contributed by atoms with E-state index in [-0.39, 0.29) is 11.7 Å². The van der Waals surface area contributed by atoms with Crippen LogP contribution in [0.2, 0.25) is 5.02 Å². The van der Waals surface area contributed by atoms with Crippen molar-refractivity contribution in [2.75, 3.05) is 27.1 Å². The van der Waals surface area contributed by atoms with Gasteiger partial charge in [0.15, 0.2) is 11.0 Å². The molecule has 9 nitrogen and oxygen atoms in total. The Hall–Kier alpha value is -4.02. The molecule has 0 bridgehead atoms. The zero-order valence-electron chi connectivity index (χ0n) is 20.3. The normalized spacial score (nSPS) is 10.9. The number of halogens is 1. The maximum absolute atomic E-state index is 12.5. The Morgan fingerprint density at radius 1 is 0.973 bits per heavy atom. The highest BCUT2D eigenvalue weighted by Crippen LogP contribution is 2.29. The van der Waals surface area contributed by atoms with Crippen LogP contribution in [0.3, 0.4) is 0 Å². The molecule has 3 aromatic carbocycles. The number of amides is 1. The van der Waals surface area contributed by atoms with Gasteiger partial charge in [0.2, 0.25) is 0 Å². The van der Waals surface area contributed by atoms with E-state index in [9.17, 15) is 4.79 Å². The maximum Gasteiger partial charge on any atom is 0.250 e. The minimum atomic E-state index is -0.306. The molecule has 4 aromatic rings. The number of ether oxygens (including phenoxy) is 3. The lowest BCUT2D eigenvalue weighted by Gasteiger charge is -2.11. The predicted molar refractivity (Wildman–Crippen MR) is 144 cm³/mol. The number of methoxy groups -OCH3 is 3. The van der Waals surface area contributed by atoms with Crippen LogP contribution in [0, 0.1) is 0 Å². The molecule has 190 valence electrons. The second-order valence-electron chi connectivity index (χ2n) is 7.54. The summed E-state index contributed by atoms with van der Waals surface area (Å²) >= 11 is 7.33. The van der Waals surface area contributed by atoms with E-state index in [2.05, 4.69) is 20.7 Å². The van der Waals surface area contributed by atoms with Crippen LogP contribution in [-0.4, -0.2) is 54.0 Å². The average Bonchev–Trinajstić information content (AvgIpc) is 3.36. The van der Waals surface area contributed by atoms with E-state index in [1.807, 2.05) is 41.0 Å². The lowest BCUT2D eigenvalue weighted by Crippen LogP contribution is -2.20. The topological polar surface area (TPSA) is 99.9 Å². The molecule has 4 rings (SSSR count). The molecule has 1 amide bonds. The number of nitrogens with zero attached hydrogens (tertiary/aromatic N) is 4. The van der Waals surface area contributed by atoms with Crippen LogP contribution < -0.4 is 19.6 Å². The summed E-state index contributed by atoms with van der Waals surface area (Å²) in [7, 11) is 4.75. The van der Waals surface area contributed by atoms with Crippen molar-refractivity contribution in [2.24, 2.45) is 5.10 Å². The monoisotopic (exact) mass is 537 g/mol. The first-order valence-corrected chi connectivity index (χ1v) is 12.4. The first kappa shape index (κ1) is 26.1. The SMILES string of the molecule is COc1ccc(-c2nnc(SCC(=O)N/N=C/c3cc(OC)ccc3OC)n2-c2ccc(Cl)cc2)cc1. The Bertz CT molecular complexity index is 1390. The molecule has 0 saturated heterocycles. The number of carbonyl (C=O) groups is 1. The number of nitrogens with one attached hydrogen (secondary N) is 1. The van der Waals surface area contributed by atoms with Gasteiger partial charge in [-0.25, -0.2) is 5.43 Å². The molecule has 1 aromatic heterocycles. The molecule has 0 radical (unpaired) electrons. The highest BCUT2D eigenvalue weighted by molar-refractivity contribution is 7.99. The van der Waals surface area contributed by atoms with Gasteiger partial charge >= 0.3 is 0 Å². The first-order valence-electron chi connectivity index (χ1n) is 11.0. The standard InChI is InChI=1S/C26H24ClN5O4S/c1-34-21-10-4-17(5-11-21)25-30-31-26(32(25)20-8-6-19(27)7-9-20)37-16-24(33)29-28-15-18-14-22(35-2)12-13-23(18)36-3/h4-15H,16H2,1-3H3,(H,29,33)/b28-15+. The largest absolute Gasteiger partial charge is 0.497 e. The highest BCUT2D eigenvalue weighted by Gasteiger charge is 2.17. The van der Waals surface area contributed by atoms with Crippen LogP contribution in [0.4, 0.5) is 0 Å². The Balaban J connectivity index is 1.51. The van der Waals surface area contributed by atoms with Crippen molar-refractivity contribution in [2.45, 2.75) is 5.16 Å². The first-order chi connectivity index (χ1) is 18.0. The van der Waals surface area contributed by atoms with E-state index >= 15 is 0 Å². The number of hydrogen-bond donors (Lipinski definition) is 1. The third-order valence-electron chi connectivity index (χ3n) is 5.23. The van der Waals surface area contributed by atoms with Gasteiger partial charge in [0, 0.05) is 21.8 Å². The summed E-state index contributed by atoms with van der Waals surface area (Å²) in [6.45, 7) is 0. The summed E-state index contributed by atoms with van der Waals surface area (Å²) in [5, 5.41) is 13.9. The predicted octanol–water partition coefficient (Wildman–Crippen LogP) is 4.86. The summed E-state index contributed by atoms with van der Waals surface area (Å²) in [5.74, 6) is 2.38. The third kappa shape index (κ3) is 6.41. The van der Waals surface area contributed by atoms with Gasteiger partial charge < -0.3 is 14.2 Å². The van der Waals surface area contributed by atoms with Gasteiger partial charge in [-0.3, -0.25) is 9.36 Å². The lowest BCUT2D eigenvalue weighted by atomic mass is 10.2. The van der Waals surface area contributed by atoms with Crippen molar-refractivity contribution in [1.82, 2.24) is 20.2 Å². The number of hydrogen-bond acceptors (Lipinski definition) is 8. The smallest absolute Gasteiger partial charge is 0.250 e. The number of thioether (sulfide) groups is 1. The fraction of sp³-hybridized carbons (Fsp3) is 0.154. The van der Waals surface area contributed by atoms with Crippen molar-refractivity contribution in [1.29, 1.82) is 0 Å². The van der Waals surface area contributed by atoms with Gasteiger partial charge in [0.05, 0.1) is 33.3 Å². The van der Waals surface area contributed by atoms with E-state index in [4.69, 9.17) is 25.8 Å². The number of benzene rings is 3. The molecule has 1 heterocycles. The molecule has 0 atom stereocenters. The van der Waals surface area contributed by atoms with E-state index in [0.29, 0.717) is 33.1 Å². The van der Waals surface area contributed by atoms with Crippen LogP contribution in [-0.2, 0) is 4.79 Å². The molecule has 37 heavy (non-hydrogen) atoms. The van der Waals surface area contributed by atoms with Gasteiger partial charge in [0.25, 0.3) is 5.91 Å². The fourth-order valence-corrected chi connectivity index (χ4v) is 4.26. The zero-order chi connectivity index (χ0) is 26.2. The fourth-order valence-electron chi connectivity index (χ4n) is 3.39. The van der Waals surface area contributed by atoms with Crippen molar-refractivity contribution >= 4 is 35.5 Å². The van der Waals surface area contributed by atoms with Gasteiger partial charge in [0.1, 0.15) is 17.2 Å². The Kier molecular flexibility index (Phi) is 8.65. The summed E-state index contributed by atoms with van der Waals surface area (Å²) in [6.07, 6.45) is 1.50. The number of carbonyl (C=O) groups excluding carboxylic acids is 1. The van der Waals surface area contributed by atoms with Crippen LogP contribution in [0.1, 0.15) is 5.56 Å². The summed E-state index contributed by atoms with van der Waals surface area (Å²) in [5.41, 5.74) is 4.86. The van der Waals surface area contributed by atoms with Crippen molar-refractivity contribution in [3.05, 3.63) is 77.3 Å². The second kappa shape index (κ2) is 12.3. The molecule has 1 N–H and O–H groups in total. The summed E-state index contributed by atoms with van der Waals surface area (Å²) in [6, 6.07) is 20.1. The van der Waals surface area contributed by atoms with Crippen molar-refractivity contribution in [3.8, 4) is 34.3 Å². The molecule has 0 saturated carbocycles. The molecule has 0 unspecified atom stereocenters.